The molecule has 10 heteroatoms. The molecule has 1 aliphatic heterocycles. The molecule has 1 saturated heterocycles. The summed E-state index contributed by atoms with van der Waals surface area (Å²) in [6.07, 6.45) is 1.88. The molecule has 1 atom stereocenters. The molecule has 2 aliphatic rings. The lowest BCUT2D eigenvalue weighted by Crippen LogP contribution is -2.52. The smallest absolute Gasteiger partial charge is 0.320 e. The van der Waals surface area contributed by atoms with Crippen LogP contribution in [-0.4, -0.2) is 100 Å². The molecule has 0 unspecified atom stereocenters. The molecule has 0 radical (unpaired) electrons. The molecule has 242 valence electrons. The number of rotatable bonds is 15. The van der Waals surface area contributed by atoms with Gasteiger partial charge >= 0.3 is 12.0 Å². The van der Waals surface area contributed by atoms with Gasteiger partial charge < -0.3 is 24.5 Å². The summed E-state index contributed by atoms with van der Waals surface area (Å²) in [6.45, 7) is 17.2. The van der Waals surface area contributed by atoms with Crippen molar-refractivity contribution in [2.75, 3.05) is 59.2 Å². The van der Waals surface area contributed by atoms with E-state index in [1.165, 1.54) is 22.3 Å². The highest BCUT2D eigenvalue weighted by Crippen LogP contribution is 2.44. The number of carbonyl (C=O) groups excluding carboxylic acids is 1. The molecule has 1 heterocycles. The van der Waals surface area contributed by atoms with Gasteiger partial charge in [-0.1, -0.05) is 69.3 Å². The molecule has 9 nitrogen and oxygen atoms in total. The van der Waals surface area contributed by atoms with Crippen LogP contribution in [0.3, 0.4) is 0 Å². The average molecular weight is 625 g/mol. The third-order valence-corrected chi connectivity index (χ3v) is 14.0. The summed E-state index contributed by atoms with van der Waals surface area (Å²) in [5, 5.41) is 16.0. The second kappa shape index (κ2) is 15.5. The molecule has 0 bridgehead atoms. The highest BCUT2D eigenvalue weighted by Gasteiger charge is 2.37. The number of unbranched alkanes of at least 4 members (excludes halogenated alkanes) is 1. The number of aliphatic carboxylic acids is 1. The number of urea groups is 1. The summed E-state index contributed by atoms with van der Waals surface area (Å²) >= 11 is 0. The quantitative estimate of drug-likeness (QED) is 0.140. The van der Waals surface area contributed by atoms with Gasteiger partial charge in [0.1, 0.15) is 6.04 Å². The summed E-state index contributed by atoms with van der Waals surface area (Å²) in [5.74, 6) is -0.748. The topological polar surface area (TPSA) is 103 Å². The number of nitrogens with zero attached hydrogens (tertiary/aromatic N) is 2. The SMILES string of the molecule is CC(C)(C)[Si](C)(C)OCCN1CCN(C(=O)NCCCC[C@H](NCOCC2c3ccccc3-c3ccccc32)C(=O)O)CC1. The third-order valence-electron chi connectivity index (χ3n) is 9.51. The van der Waals surface area contributed by atoms with E-state index in [-0.39, 0.29) is 23.7 Å². The zero-order valence-electron chi connectivity index (χ0n) is 27.2. The Bertz CT molecular complexity index is 1200. The zero-order valence-corrected chi connectivity index (χ0v) is 28.2. The number of nitrogens with one attached hydrogen (secondary N) is 2. The van der Waals surface area contributed by atoms with Crippen LogP contribution in [0.15, 0.2) is 48.5 Å². The molecule has 2 aromatic carbocycles. The van der Waals surface area contributed by atoms with Crippen molar-refractivity contribution in [2.45, 2.75) is 70.1 Å². The van der Waals surface area contributed by atoms with E-state index < -0.39 is 20.3 Å². The predicted octanol–water partition coefficient (Wildman–Crippen LogP) is 5.34. The minimum absolute atomic E-state index is 0.0430. The van der Waals surface area contributed by atoms with Gasteiger partial charge in [-0.25, -0.2) is 4.79 Å². The van der Waals surface area contributed by atoms with Crippen molar-refractivity contribution in [3.05, 3.63) is 59.7 Å². The molecule has 0 aromatic heterocycles. The lowest BCUT2D eigenvalue weighted by atomic mass is 9.98. The third kappa shape index (κ3) is 8.91. The molecule has 0 saturated carbocycles. The van der Waals surface area contributed by atoms with Crippen LogP contribution < -0.4 is 10.6 Å². The summed E-state index contributed by atoms with van der Waals surface area (Å²) < 4.78 is 12.3. The Hall–Kier alpha value is -2.76. The first-order chi connectivity index (χ1) is 21.0. The van der Waals surface area contributed by atoms with Gasteiger partial charge in [0.2, 0.25) is 0 Å². The minimum Gasteiger partial charge on any atom is -0.480 e. The van der Waals surface area contributed by atoms with Gasteiger partial charge in [0, 0.05) is 51.8 Å². The van der Waals surface area contributed by atoms with Crippen molar-refractivity contribution in [2.24, 2.45) is 0 Å². The van der Waals surface area contributed by atoms with E-state index in [0.717, 1.165) is 32.7 Å². The van der Waals surface area contributed by atoms with Crippen LogP contribution in [0.25, 0.3) is 11.1 Å². The van der Waals surface area contributed by atoms with Crippen molar-refractivity contribution in [1.82, 2.24) is 20.4 Å². The normalized spacial score (nSPS) is 16.4. The van der Waals surface area contributed by atoms with Crippen molar-refractivity contribution in [3.63, 3.8) is 0 Å². The van der Waals surface area contributed by atoms with Crippen LogP contribution in [0, 0.1) is 0 Å². The Balaban J connectivity index is 1.08. The first-order valence-corrected chi connectivity index (χ1v) is 19.0. The number of carboxylic acid groups (broad SMARTS) is 1. The van der Waals surface area contributed by atoms with Gasteiger partial charge in [0.25, 0.3) is 0 Å². The van der Waals surface area contributed by atoms with E-state index in [9.17, 15) is 14.7 Å². The molecule has 1 fully saturated rings. The van der Waals surface area contributed by atoms with E-state index in [1.807, 2.05) is 17.0 Å². The molecular weight excluding hydrogens is 572 g/mol. The van der Waals surface area contributed by atoms with Gasteiger partial charge in [0.05, 0.1) is 13.3 Å². The molecule has 1 aliphatic carbocycles. The fourth-order valence-electron chi connectivity index (χ4n) is 5.69. The number of benzene rings is 2. The number of ether oxygens (including phenoxy) is 1. The van der Waals surface area contributed by atoms with Gasteiger partial charge in [-0.15, -0.1) is 0 Å². The van der Waals surface area contributed by atoms with Gasteiger partial charge in [-0.2, -0.15) is 0 Å². The van der Waals surface area contributed by atoms with Crippen molar-refractivity contribution in [3.8, 4) is 11.1 Å². The number of carbonyl (C=O) groups is 2. The van der Waals surface area contributed by atoms with Crippen LogP contribution in [0.1, 0.15) is 57.1 Å². The molecule has 0 spiro atoms. The monoisotopic (exact) mass is 624 g/mol. The molecule has 2 aromatic rings. The second-order valence-corrected chi connectivity index (χ2v) is 18.3. The molecule has 2 amide bonds. The minimum atomic E-state index is -1.74. The summed E-state index contributed by atoms with van der Waals surface area (Å²) in [5.41, 5.74) is 4.98. The number of hydrogen-bond acceptors (Lipinski definition) is 6. The first kappa shape index (κ1) is 34.1. The number of fused-ring (bicyclic) bond motifs is 3. The largest absolute Gasteiger partial charge is 0.480 e. The average Bonchev–Trinajstić information content (AvgIpc) is 3.31. The molecule has 4 rings (SSSR count). The predicted molar refractivity (Wildman–Crippen MR) is 178 cm³/mol. The standard InChI is InChI=1S/C34H52N4O5Si/c1-34(2,3)44(4,5)43-23-22-37-18-20-38(21-19-37)33(41)35-17-11-10-16-31(32(39)40)36-25-42-24-30-28-14-8-6-12-26(28)27-13-7-9-15-29(27)30/h6-9,12-15,30-31,36H,10-11,16-25H2,1-5H3,(H,35,41)(H,39,40)/t31-/m0/s1. The Morgan fingerprint density at radius 3 is 2.18 bits per heavy atom. The number of piperazine rings is 1. The Morgan fingerprint density at radius 2 is 1.59 bits per heavy atom. The lowest BCUT2D eigenvalue weighted by Gasteiger charge is -2.38. The van der Waals surface area contributed by atoms with Crippen molar-refractivity contribution in [1.29, 1.82) is 0 Å². The van der Waals surface area contributed by atoms with Crippen LogP contribution in [0.5, 0.6) is 0 Å². The van der Waals surface area contributed by atoms with Crippen molar-refractivity contribution < 1.29 is 23.9 Å². The summed E-state index contributed by atoms with van der Waals surface area (Å²) in [7, 11) is -1.74. The zero-order chi connectivity index (χ0) is 31.7. The Kier molecular flexibility index (Phi) is 12.0. The maximum absolute atomic E-state index is 12.7. The lowest BCUT2D eigenvalue weighted by molar-refractivity contribution is -0.140. The molecular formula is C34H52N4O5Si. The fourth-order valence-corrected chi connectivity index (χ4v) is 6.72. The maximum Gasteiger partial charge on any atom is 0.320 e. The number of carboxylic acids is 1. The van der Waals surface area contributed by atoms with Crippen LogP contribution in [0.4, 0.5) is 4.79 Å². The van der Waals surface area contributed by atoms with Gasteiger partial charge in [-0.3, -0.25) is 15.0 Å². The highest BCUT2D eigenvalue weighted by molar-refractivity contribution is 6.74. The van der Waals surface area contributed by atoms with Crippen LogP contribution in [0.2, 0.25) is 18.1 Å². The Morgan fingerprint density at radius 1 is 0.977 bits per heavy atom. The van der Waals surface area contributed by atoms with E-state index in [4.69, 9.17) is 9.16 Å². The van der Waals surface area contributed by atoms with Gasteiger partial charge in [0.15, 0.2) is 8.32 Å². The van der Waals surface area contributed by atoms with Crippen molar-refractivity contribution >= 4 is 20.3 Å². The number of amides is 2. The first-order valence-electron chi connectivity index (χ1n) is 16.1. The summed E-state index contributed by atoms with van der Waals surface area (Å²) in [4.78, 5) is 28.7. The van der Waals surface area contributed by atoms with Crippen LogP contribution in [-0.2, 0) is 14.0 Å². The maximum atomic E-state index is 12.7. The van der Waals surface area contributed by atoms with E-state index >= 15 is 0 Å². The second-order valence-electron chi connectivity index (χ2n) is 13.5. The molecule has 3 N–H and O–H groups in total. The molecule has 44 heavy (non-hydrogen) atoms. The van der Waals surface area contributed by atoms with E-state index in [0.29, 0.717) is 39.1 Å². The van der Waals surface area contributed by atoms with Gasteiger partial charge in [-0.05, 0) is 59.6 Å². The number of hydrogen-bond donors (Lipinski definition) is 3. The fraction of sp³-hybridized carbons (Fsp3) is 0.588. The summed E-state index contributed by atoms with van der Waals surface area (Å²) in [6, 6.07) is 16.0. The Labute approximate surface area is 264 Å². The van der Waals surface area contributed by atoms with E-state index in [1.54, 1.807) is 0 Å². The van der Waals surface area contributed by atoms with E-state index in [2.05, 4.69) is 85.8 Å². The highest BCUT2D eigenvalue weighted by atomic mass is 28.4. The van der Waals surface area contributed by atoms with Crippen LogP contribution >= 0.6 is 0 Å².